The minimum absolute atomic E-state index is 0.106. The maximum atomic E-state index is 12.4. The average Bonchev–Trinajstić information content (AvgIpc) is 3.19. The molecule has 2 aromatic rings. The Morgan fingerprint density at radius 3 is 2.48 bits per heavy atom. The summed E-state index contributed by atoms with van der Waals surface area (Å²) in [7, 11) is 3.38. The van der Waals surface area contributed by atoms with Gasteiger partial charge >= 0.3 is 0 Å². The predicted molar refractivity (Wildman–Crippen MR) is 93.5 cm³/mol. The molecule has 0 atom stereocenters. The number of hydrogen-bond donors (Lipinski definition) is 0. The first kappa shape index (κ1) is 17.7. The maximum Gasteiger partial charge on any atom is 0.289 e. The molecule has 0 spiro atoms. The van der Waals surface area contributed by atoms with Gasteiger partial charge in [0.05, 0.1) is 0 Å². The molecule has 0 radical (unpaired) electrons. The zero-order chi connectivity index (χ0) is 18.1. The number of oxazole rings is 1. The first-order valence-electron chi connectivity index (χ1n) is 8.10. The summed E-state index contributed by atoms with van der Waals surface area (Å²) in [6.07, 6.45) is 1.48. The van der Waals surface area contributed by atoms with Crippen LogP contribution in [0.3, 0.4) is 0 Å². The monoisotopic (exact) mass is 409 g/mol. The minimum Gasteiger partial charge on any atom is -0.445 e. The fourth-order valence-electron chi connectivity index (χ4n) is 2.92. The van der Waals surface area contributed by atoms with Crippen LogP contribution in [0, 0.1) is 6.92 Å². The van der Waals surface area contributed by atoms with E-state index >= 15 is 0 Å². The highest BCUT2D eigenvalue weighted by atomic mass is 79.9. The molecule has 134 valence electrons. The van der Waals surface area contributed by atoms with E-state index in [1.807, 2.05) is 0 Å². The number of carbonyl (C=O) groups excluding carboxylic acids is 2. The van der Waals surface area contributed by atoms with Crippen LogP contribution in [0.2, 0.25) is 0 Å². The van der Waals surface area contributed by atoms with Gasteiger partial charge in [-0.3, -0.25) is 9.59 Å². The van der Waals surface area contributed by atoms with Gasteiger partial charge in [0.2, 0.25) is 0 Å². The first-order chi connectivity index (χ1) is 11.9. The number of aryl methyl sites for hydroxylation is 1. The van der Waals surface area contributed by atoms with E-state index in [9.17, 15) is 9.59 Å². The van der Waals surface area contributed by atoms with Crippen LogP contribution in [0.1, 0.15) is 51.5 Å². The number of hydrogen-bond acceptors (Lipinski definition) is 5. The Labute approximate surface area is 154 Å². The lowest BCUT2D eigenvalue weighted by Gasteiger charge is -2.29. The summed E-state index contributed by atoms with van der Waals surface area (Å²) in [6.45, 7) is 2.95. The highest BCUT2D eigenvalue weighted by Gasteiger charge is 2.30. The molecule has 2 aromatic heterocycles. The third-order valence-electron chi connectivity index (χ3n) is 4.34. The number of nitrogens with zero attached hydrogens (tertiary/aromatic N) is 3. The fraction of sp³-hybridized carbons (Fsp3) is 0.471. The second-order valence-electron chi connectivity index (χ2n) is 6.33. The van der Waals surface area contributed by atoms with Crippen molar-refractivity contribution in [3.63, 3.8) is 0 Å². The van der Waals surface area contributed by atoms with Crippen LogP contribution >= 0.6 is 15.9 Å². The third-order valence-corrected chi connectivity index (χ3v) is 4.76. The van der Waals surface area contributed by atoms with Crippen LogP contribution in [-0.4, -0.2) is 53.8 Å². The average molecular weight is 410 g/mol. The van der Waals surface area contributed by atoms with Gasteiger partial charge in [0.1, 0.15) is 5.76 Å². The summed E-state index contributed by atoms with van der Waals surface area (Å²) < 4.78 is 11.6. The van der Waals surface area contributed by atoms with Crippen LogP contribution < -0.4 is 0 Å². The zero-order valence-corrected chi connectivity index (χ0v) is 16.0. The molecular formula is C17H20BrN3O4. The molecule has 8 heteroatoms. The molecule has 3 heterocycles. The summed E-state index contributed by atoms with van der Waals surface area (Å²) in [5.41, 5.74) is 0.360. The van der Waals surface area contributed by atoms with Crippen molar-refractivity contribution in [2.45, 2.75) is 25.7 Å². The minimum atomic E-state index is -0.163. The topological polar surface area (TPSA) is 79.8 Å². The summed E-state index contributed by atoms with van der Waals surface area (Å²) in [4.78, 5) is 32.1. The third kappa shape index (κ3) is 3.63. The molecule has 0 aliphatic carbocycles. The highest BCUT2D eigenvalue weighted by Crippen LogP contribution is 2.30. The molecule has 7 nitrogen and oxygen atoms in total. The molecule has 1 aliphatic rings. The van der Waals surface area contributed by atoms with E-state index in [-0.39, 0.29) is 17.7 Å². The SMILES string of the molecule is Cc1oc(C2CCN(C(=O)c3ccc(Br)o3)CC2)nc1C(=O)N(C)C. The van der Waals surface area contributed by atoms with Gasteiger partial charge in [-0.1, -0.05) is 0 Å². The summed E-state index contributed by atoms with van der Waals surface area (Å²) in [5, 5.41) is 0. The van der Waals surface area contributed by atoms with Gasteiger partial charge in [0.15, 0.2) is 22.0 Å². The summed E-state index contributed by atoms with van der Waals surface area (Å²) >= 11 is 3.21. The van der Waals surface area contributed by atoms with Crippen molar-refractivity contribution < 1.29 is 18.4 Å². The van der Waals surface area contributed by atoms with Gasteiger partial charge in [-0.2, -0.15) is 0 Å². The van der Waals surface area contributed by atoms with E-state index in [1.165, 1.54) is 4.90 Å². The van der Waals surface area contributed by atoms with Gasteiger partial charge in [-0.05, 0) is 47.8 Å². The lowest BCUT2D eigenvalue weighted by Crippen LogP contribution is -2.37. The maximum absolute atomic E-state index is 12.4. The molecule has 2 amide bonds. The molecule has 1 fully saturated rings. The molecule has 0 N–H and O–H groups in total. The van der Waals surface area contributed by atoms with Gasteiger partial charge in [-0.15, -0.1) is 0 Å². The first-order valence-corrected chi connectivity index (χ1v) is 8.89. The van der Waals surface area contributed by atoms with Crippen molar-refractivity contribution >= 4 is 27.7 Å². The normalized spacial score (nSPS) is 15.4. The van der Waals surface area contributed by atoms with Crippen LogP contribution in [0.4, 0.5) is 0 Å². The lowest BCUT2D eigenvalue weighted by atomic mass is 9.96. The van der Waals surface area contributed by atoms with Crippen LogP contribution in [0.5, 0.6) is 0 Å². The van der Waals surface area contributed by atoms with Gasteiger partial charge in [-0.25, -0.2) is 4.98 Å². The second-order valence-corrected chi connectivity index (χ2v) is 7.11. The van der Waals surface area contributed by atoms with Crippen molar-refractivity contribution in [3.05, 3.63) is 39.9 Å². The lowest BCUT2D eigenvalue weighted by molar-refractivity contribution is 0.0672. The molecular weight excluding hydrogens is 390 g/mol. The molecule has 0 aromatic carbocycles. The highest BCUT2D eigenvalue weighted by molar-refractivity contribution is 9.10. The Hall–Kier alpha value is -2.09. The Kier molecular flexibility index (Phi) is 4.99. The van der Waals surface area contributed by atoms with E-state index in [1.54, 1.807) is 38.1 Å². The number of halogens is 1. The number of carbonyl (C=O) groups is 2. The van der Waals surface area contributed by atoms with E-state index in [0.717, 1.165) is 12.8 Å². The van der Waals surface area contributed by atoms with Crippen LogP contribution in [-0.2, 0) is 0 Å². The Balaban J connectivity index is 1.65. The molecule has 1 saturated heterocycles. The fourth-order valence-corrected chi connectivity index (χ4v) is 3.22. The van der Waals surface area contributed by atoms with Crippen molar-refractivity contribution in [1.29, 1.82) is 0 Å². The molecule has 0 unspecified atom stereocenters. The van der Waals surface area contributed by atoms with Crippen LogP contribution in [0.15, 0.2) is 25.6 Å². The number of piperidine rings is 1. The van der Waals surface area contributed by atoms with Gasteiger partial charge in [0, 0.05) is 33.1 Å². The summed E-state index contributed by atoms with van der Waals surface area (Å²) in [6, 6.07) is 3.37. The number of furan rings is 1. The zero-order valence-electron chi connectivity index (χ0n) is 14.4. The molecule has 0 bridgehead atoms. The summed E-state index contributed by atoms with van der Waals surface area (Å²) in [5.74, 6) is 1.27. The van der Waals surface area contributed by atoms with Crippen molar-refractivity contribution in [2.75, 3.05) is 27.2 Å². The Bertz CT molecular complexity index is 788. The predicted octanol–water partition coefficient (Wildman–Crippen LogP) is 3.06. The number of rotatable bonds is 3. The van der Waals surface area contributed by atoms with Crippen molar-refractivity contribution in [3.8, 4) is 0 Å². The Morgan fingerprint density at radius 1 is 1.24 bits per heavy atom. The smallest absolute Gasteiger partial charge is 0.289 e. The van der Waals surface area contributed by atoms with Crippen molar-refractivity contribution in [1.82, 2.24) is 14.8 Å². The molecule has 1 aliphatic heterocycles. The number of aromatic nitrogens is 1. The largest absolute Gasteiger partial charge is 0.445 e. The van der Waals surface area contributed by atoms with Gasteiger partial charge < -0.3 is 18.6 Å². The Morgan fingerprint density at radius 2 is 1.92 bits per heavy atom. The standard InChI is InChI=1S/C17H20BrN3O4/c1-10-14(17(23)20(2)3)19-15(24-10)11-6-8-21(9-7-11)16(22)12-4-5-13(18)25-12/h4-5,11H,6-9H2,1-3H3. The van der Waals surface area contributed by atoms with E-state index in [4.69, 9.17) is 8.83 Å². The van der Waals surface area contributed by atoms with E-state index in [2.05, 4.69) is 20.9 Å². The molecule has 3 rings (SSSR count). The molecule has 25 heavy (non-hydrogen) atoms. The number of amides is 2. The van der Waals surface area contributed by atoms with Crippen LogP contribution in [0.25, 0.3) is 0 Å². The van der Waals surface area contributed by atoms with Gasteiger partial charge in [0.25, 0.3) is 11.8 Å². The quantitative estimate of drug-likeness (QED) is 0.777. The number of likely N-dealkylation sites (tertiary alicyclic amines) is 1. The van der Waals surface area contributed by atoms with Crippen molar-refractivity contribution in [2.24, 2.45) is 0 Å². The second kappa shape index (κ2) is 7.03. The van der Waals surface area contributed by atoms with E-state index in [0.29, 0.717) is 40.9 Å². The van der Waals surface area contributed by atoms with E-state index < -0.39 is 0 Å². The molecule has 0 saturated carbocycles.